The first kappa shape index (κ1) is 17.0. The van der Waals surface area contributed by atoms with Gasteiger partial charge in [0, 0.05) is 24.2 Å². The van der Waals surface area contributed by atoms with Gasteiger partial charge in [-0.05, 0) is 54.3 Å². The summed E-state index contributed by atoms with van der Waals surface area (Å²) in [5, 5.41) is 5.35. The summed E-state index contributed by atoms with van der Waals surface area (Å²) in [6, 6.07) is 6.08. The summed E-state index contributed by atoms with van der Waals surface area (Å²) in [7, 11) is 0. The van der Waals surface area contributed by atoms with Gasteiger partial charge in [-0.2, -0.15) is 0 Å². The van der Waals surface area contributed by atoms with E-state index in [9.17, 15) is 4.79 Å². The molecular weight excluding hydrogens is 318 g/mol. The van der Waals surface area contributed by atoms with Gasteiger partial charge in [-0.15, -0.1) is 11.3 Å². The average molecular weight is 343 g/mol. The SMILES string of the molecule is Cc1cccnc1[C@@H](NC(=O)N1CCCc2sccc2C1)C(C)C. The first-order chi connectivity index (χ1) is 11.6. The third kappa shape index (κ3) is 3.61. The average Bonchev–Trinajstić information content (AvgIpc) is 2.90. The third-order valence-electron chi connectivity index (χ3n) is 4.61. The van der Waals surface area contributed by atoms with E-state index < -0.39 is 0 Å². The van der Waals surface area contributed by atoms with E-state index in [1.807, 2.05) is 24.0 Å². The van der Waals surface area contributed by atoms with Gasteiger partial charge in [-0.25, -0.2) is 4.79 Å². The van der Waals surface area contributed by atoms with Crippen molar-refractivity contribution in [3.05, 3.63) is 51.5 Å². The molecule has 3 heterocycles. The summed E-state index contributed by atoms with van der Waals surface area (Å²) in [4.78, 5) is 20.7. The first-order valence-corrected chi connectivity index (χ1v) is 9.46. The summed E-state index contributed by atoms with van der Waals surface area (Å²) >= 11 is 1.80. The maximum absolute atomic E-state index is 12.9. The monoisotopic (exact) mass is 343 g/mol. The smallest absolute Gasteiger partial charge is 0.318 e. The second-order valence-corrected chi connectivity index (χ2v) is 7.77. The van der Waals surface area contributed by atoms with E-state index in [4.69, 9.17) is 0 Å². The van der Waals surface area contributed by atoms with Crippen LogP contribution in [0.1, 0.15) is 48.0 Å². The fraction of sp³-hybridized carbons (Fsp3) is 0.474. The number of urea groups is 1. The zero-order chi connectivity index (χ0) is 17.1. The molecule has 1 N–H and O–H groups in total. The van der Waals surface area contributed by atoms with Gasteiger partial charge in [-0.1, -0.05) is 19.9 Å². The highest BCUT2D eigenvalue weighted by atomic mass is 32.1. The predicted molar refractivity (Wildman–Crippen MR) is 98.1 cm³/mol. The minimum absolute atomic E-state index is 0.0119. The number of aryl methyl sites for hydroxylation is 2. The number of nitrogens with one attached hydrogen (secondary N) is 1. The topological polar surface area (TPSA) is 45.2 Å². The third-order valence-corrected chi connectivity index (χ3v) is 5.63. The molecule has 0 saturated heterocycles. The largest absolute Gasteiger partial charge is 0.329 e. The Morgan fingerprint density at radius 1 is 1.38 bits per heavy atom. The molecule has 1 aliphatic rings. The van der Waals surface area contributed by atoms with Crippen LogP contribution in [-0.2, 0) is 13.0 Å². The number of carbonyl (C=O) groups is 1. The van der Waals surface area contributed by atoms with E-state index >= 15 is 0 Å². The first-order valence-electron chi connectivity index (χ1n) is 8.58. The van der Waals surface area contributed by atoms with Crippen molar-refractivity contribution in [2.24, 2.45) is 5.92 Å². The molecule has 5 heteroatoms. The van der Waals surface area contributed by atoms with E-state index in [-0.39, 0.29) is 18.0 Å². The second kappa shape index (κ2) is 7.34. The minimum Gasteiger partial charge on any atom is -0.329 e. The van der Waals surface area contributed by atoms with Gasteiger partial charge in [-0.3, -0.25) is 4.98 Å². The lowest BCUT2D eigenvalue weighted by atomic mass is 9.97. The van der Waals surface area contributed by atoms with Crippen LogP contribution >= 0.6 is 11.3 Å². The lowest BCUT2D eigenvalue weighted by Crippen LogP contribution is -2.43. The predicted octanol–water partition coefficient (Wildman–Crippen LogP) is 4.31. The van der Waals surface area contributed by atoms with Crippen molar-refractivity contribution < 1.29 is 4.79 Å². The molecule has 3 rings (SSSR count). The molecule has 0 saturated carbocycles. The summed E-state index contributed by atoms with van der Waals surface area (Å²) in [5.41, 5.74) is 3.38. The number of nitrogens with zero attached hydrogens (tertiary/aromatic N) is 2. The van der Waals surface area contributed by atoms with Crippen LogP contribution in [0.25, 0.3) is 0 Å². The lowest BCUT2D eigenvalue weighted by molar-refractivity contribution is 0.187. The van der Waals surface area contributed by atoms with Crippen LogP contribution in [-0.4, -0.2) is 22.5 Å². The Morgan fingerprint density at radius 2 is 2.21 bits per heavy atom. The number of aromatic nitrogens is 1. The molecule has 128 valence electrons. The summed E-state index contributed by atoms with van der Waals surface area (Å²) in [5.74, 6) is 0.284. The summed E-state index contributed by atoms with van der Waals surface area (Å²) in [6.07, 6.45) is 3.90. The number of rotatable bonds is 3. The van der Waals surface area contributed by atoms with Gasteiger partial charge in [0.05, 0.1) is 11.7 Å². The molecule has 0 unspecified atom stereocenters. The van der Waals surface area contributed by atoms with E-state index in [0.717, 1.165) is 30.6 Å². The molecule has 2 amide bonds. The molecule has 0 radical (unpaired) electrons. The maximum atomic E-state index is 12.9. The van der Waals surface area contributed by atoms with Crippen molar-refractivity contribution in [1.82, 2.24) is 15.2 Å². The number of hydrogen-bond donors (Lipinski definition) is 1. The highest BCUT2D eigenvalue weighted by Gasteiger charge is 2.25. The normalized spacial score (nSPS) is 15.8. The fourth-order valence-electron chi connectivity index (χ4n) is 3.21. The molecule has 1 aliphatic heterocycles. The van der Waals surface area contributed by atoms with Gasteiger partial charge in [0.25, 0.3) is 0 Å². The van der Waals surface area contributed by atoms with Crippen LogP contribution < -0.4 is 5.32 Å². The number of amides is 2. The number of pyridine rings is 1. The van der Waals surface area contributed by atoms with Crippen molar-refractivity contribution in [2.45, 2.75) is 46.2 Å². The van der Waals surface area contributed by atoms with Gasteiger partial charge < -0.3 is 10.2 Å². The minimum atomic E-state index is -0.0658. The summed E-state index contributed by atoms with van der Waals surface area (Å²) < 4.78 is 0. The van der Waals surface area contributed by atoms with Crippen LogP contribution in [0.2, 0.25) is 0 Å². The van der Waals surface area contributed by atoms with Crippen molar-refractivity contribution in [3.8, 4) is 0 Å². The van der Waals surface area contributed by atoms with Crippen LogP contribution in [0.3, 0.4) is 0 Å². The van der Waals surface area contributed by atoms with Gasteiger partial charge in [0.2, 0.25) is 0 Å². The van der Waals surface area contributed by atoms with Crippen LogP contribution in [0.5, 0.6) is 0 Å². The molecule has 2 aromatic heterocycles. The highest BCUT2D eigenvalue weighted by Crippen LogP contribution is 2.26. The van der Waals surface area contributed by atoms with Crippen molar-refractivity contribution in [2.75, 3.05) is 6.54 Å². The van der Waals surface area contributed by atoms with Gasteiger partial charge in [0.1, 0.15) is 0 Å². The molecule has 0 bridgehead atoms. The number of thiophene rings is 1. The maximum Gasteiger partial charge on any atom is 0.318 e. The molecule has 24 heavy (non-hydrogen) atoms. The Balaban J connectivity index is 1.76. The molecule has 0 fully saturated rings. The van der Waals surface area contributed by atoms with Crippen LogP contribution in [0, 0.1) is 12.8 Å². The van der Waals surface area contributed by atoms with Gasteiger partial charge >= 0.3 is 6.03 Å². The number of carbonyl (C=O) groups excluding carboxylic acids is 1. The van der Waals surface area contributed by atoms with Crippen molar-refractivity contribution in [3.63, 3.8) is 0 Å². The second-order valence-electron chi connectivity index (χ2n) is 6.77. The van der Waals surface area contributed by atoms with Gasteiger partial charge in [0.15, 0.2) is 0 Å². The standard InChI is InChI=1S/C19H25N3OS/c1-13(2)17(18-14(3)6-4-9-20-18)21-19(23)22-10-5-7-16-15(12-22)8-11-24-16/h4,6,8-9,11,13,17H,5,7,10,12H2,1-3H3,(H,21,23)/t17-/m0/s1. The number of hydrogen-bond acceptors (Lipinski definition) is 3. The Labute approximate surface area is 147 Å². The Kier molecular flexibility index (Phi) is 5.19. The number of fused-ring (bicyclic) bond motifs is 1. The molecule has 4 nitrogen and oxygen atoms in total. The zero-order valence-corrected chi connectivity index (χ0v) is 15.4. The molecule has 0 aromatic carbocycles. The van der Waals surface area contributed by atoms with E-state index in [1.54, 1.807) is 17.5 Å². The zero-order valence-electron chi connectivity index (χ0n) is 14.6. The summed E-state index contributed by atoms with van der Waals surface area (Å²) in [6.45, 7) is 7.81. The highest BCUT2D eigenvalue weighted by molar-refractivity contribution is 7.10. The molecule has 1 atom stereocenters. The van der Waals surface area contributed by atoms with Crippen molar-refractivity contribution in [1.29, 1.82) is 0 Å². The van der Waals surface area contributed by atoms with Crippen LogP contribution in [0.4, 0.5) is 4.79 Å². The van der Waals surface area contributed by atoms with E-state index in [2.05, 4.69) is 35.6 Å². The Morgan fingerprint density at radius 3 is 2.96 bits per heavy atom. The lowest BCUT2D eigenvalue weighted by Gasteiger charge is -2.28. The van der Waals surface area contributed by atoms with Crippen LogP contribution in [0.15, 0.2) is 29.8 Å². The Bertz CT molecular complexity index is 710. The molecular formula is C19H25N3OS. The fourth-order valence-corrected chi connectivity index (χ4v) is 4.16. The van der Waals surface area contributed by atoms with E-state index in [0.29, 0.717) is 6.54 Å². The quantitative estimate of drug-likeness (QED) is 0.903. The van der Waals surface area contributed by atoms with Crippen molar-refractivity contribution >= 4 is 17.4 Å². The molecule has 0 aliphatic carbocycles. The Hall–Kier alpha value is -1.88. The molecule has 0 spiro atoms. The van der Waals surface area contributed by atoms with E-state index in [1.165, 1.54) is 10.4 Å². The molecule has 2 aromatic rings.